The van der Waals surface area contributed by atoms with Crippen LogP contribution in [0.2, 0.25) is 0 Å². The first kappa shape index (κ1) is 24.9. The predicted molar refractivity (Wildman–Crippen MR) is 120 cm³/mol. The van der Waals surface area contributed by atoms with Crippen LogP contribution in [0.25, 0.3) is 0 Å². The van der Waals surface area contributed by atoms with E-state index in [9.17, 15) is 13.2 Å². The van der Waals surface area contributed by atoms with E-state index in [1.807, 2.05) is 39.0 Å². The SMILES string of the molecule is CC(=O)OC/C=C(\C)CC(/C=C(\C)CCC=C(C)C)S(=O)(=O)c1ccc(C)cc1. The first-order valence-corrected chi connectivity index (χ1v) is 11.5. The molecule has 29 heavy (non-hydrogen) atoms. The molecule has 0 heterocycles. The minimum atomic E-state index is -3.53. The van der Waals surface area contributed by atoms with Crippen LogP contribution in [0.15, 0.2) is 64.1 Å². The Hall–Kier alpha value is -2.14. The topological polar surface area (TPSA) is 60.4 Å². The summed E-state index contributed by atoms with van der Waals surface area (Å²) in [6.07, 6.45) is 7.87. The van der Waals surface area contributed by atoms with Crippen LogP contribution < -0.4 is 0 Å². The molecule has 0 fully saturated rings. The quantitative estimate of drug-likeness (QED) is 0.360. The molecule has 1 aromatic carbocycles. The van der Waals surface area contributed by atoms with Crippen molar-refractivity contribution in [1.29, 1.82) is 0 Å². The van der Waals surface area contributed by atoms with E-state index in [0.717, 1.165) is 29.6 Å². The van der Waals surface area contributed by atoms with E-state index >= 15 is 0 Å². The summed E-state index contributed by atoms with van der Waals surface area (Å²) in [5.74, 6) is -0.354. The van der Waals surface area contributed by atoms with E-state index < -0.39 is 15.1 Å². The minimum absolute atomic E-state index is 0.154. The summed E-state index contributed by atoms with van der Waals surface area (Å²) in [7, 11) is -3.53. The van der Waals surface area contributed by atoms with Crippen molar-refractivity contribution in [2.24, 2.45) is 0 Å². The molecule has 0 spiro atoms. The van der Waals surface area contributed by atoms with E-state index in [1.54, 1.807) is 18.2 Å². The number of ether oxygens (including phenoxy) is 1. The van der Waals surface area contributed by atoms with Gasteiger partial charge in [-0.05, 0) is 72.1 Å². The molecule has 0 aliphatic rings. The first-order chi connectivity index (χ1) is 13.5. The van der Waals surface area contributed by atoms with Crippen molar-refractivity contribution in [2.45, 2.75) is 71.0 Å². The summed E-state index contributed by atoms with van der Waals surface area (Å²) >= 11 is 0. The molecule has 0 saturated carbocycles. The fraction of sp³-hybridized carbons (Fsp3) is 0.458. The zero-order valence-corrected chi connectivity index (χ0v) is 19.3. The lowest BCUT2D eigenvalue weighted by Gasteiger charge is -2.17. The summed E-state index contributed by atoms with van der Waals surface area (Å²) in [5.41, 5.74) is 4.20. The van der Waals surface area contributed by atoms with Gasteiger partial charge in [-0.3, -0.25) is 4.79 Å². The van der Waals surface area contributed by atoms with Crippen LogP contribution in [0.1, 0.15) is 59.4 Å². The van der Waals surface area contributed by atoms with Crippen LogP contribution >= 0.6 is 0 Å². The van der Waals surface area contributed by atoms with Gasteiger partial charge in [0.2, 0.25) is 0 Å². The minimum Gasteiger partial charge on any atom is -0.462 e. The molecule has 5 heteroatoms. The average Bonchev–Trinajstić information content (AvgIpc) is 2.60. The van der Waals surface area contributed by atoms with Gasteiger partial charge in [0.05, 0.1) is 10.1 Å². The zero-order chi connectivity index (χ0) is 22.0. The van der Waals surface area contributed by atoms with Crippen LogP contribution in [-0.2, 0) is 19.4 Å². The maximum absolute atomic E-state index is 13.3. The molecule has 4 nitrogen and oxygen atoms in total. The molecule has 1 unspecified atom stereocenters. The third-order valence-electron chi connectivity index (χ3n) is 4.55. The molecule has 1 aromatic rings. The van der Waals surface area contributed by atoms with Crippen molar-refractivity contribution in [3.05, 3.63) is 64.8 Å². The number of esters is 1. The molecule has 0 saturated heterocycles. The smallest absolute Gasteiger partial charge is 0.302 e. The average molecular weight is 419 g/mol. The van der Waals surface area contributed by atoms with Crippen molar-refractivity contribution in [3.63, 3.8) is 0 Å². The number of hydrogen-bond donors (Lipinski definition) is 0. The Kier molecular flexibility index (Phi) is 10.1. The van der Waals surface area contributed by atoms with Crippen LogP contribution in [0.3, 0.4) is 0 Å². The number of aryl methyl sites for hydroxylation is 1. The largest absolute Gasteiger partial charge is 0.462 e. The lowest BCUT2D eigenvalue weighted by atomic mass is 10.1. The Morgan fingerprint density at radius 2 is 1.62 bits per heavy atom. The Bertz CT molecular complexity index is 868. The molecule has 0 N–H and O–H groups in total. The molecule has 160 valence electrons. The van der Waals surface area contributed by atoms with Gasteiger partial charge in [-0.2, -0.15) is 0 Å². The molecule has 0 bridgehead atoms. The van der Waals surface area contributed by atoms with Gasteiger partial charge in [0.25, 0.3) is 0 Å². The molecule has 0 radical (unpaired) electrons. The second-order valence-corrected chi connectivity index (χ2v) is 9.95. The summed E-state index contributed by atoms with van der Waals surface area (Å²) in [6, 6.07) is 6.97. The Balaban J connectivity index is 3.14. The zero-order valence-electron chi connectivity index (χ0n) is 18.5. The lowest BCUT2D eigenvalue weighted by Crippen LogP contribution is -2.20. The number of carbonyl (C=O) groups is 1. The molecule has 1 atom stereocenters. The van der Waals surface area contributed by atoms with E-state index in [0.29, 0.717) is 11.3 Å². The Morgan fingerprint density at radius 1 is 1.00 bits per heavy atom. The van der Waals surface area contributed by atoms with Crippen molar-refractivity contribution < 1.29 is 17.9 Å². The van der Waals surface area contributed by atoms with Crippen LogP contribution in [0.4, 0.5) is 0 Å². The number of rotatable bonds is 10. The van der Waals surface area contributed by atoms with Gasteiger partial charge < -0.3 is 4.74 Å². The van der Waals surface area contributed by atoms with E-state index in [2.05, 4.69) is 19.9 Å². The summed E-state index contributed by atoms with van der Waals surface area (Å²) in [6.45, 7) is 11.4. The lowest BCUT2D eigenvalue weighted by molar-refractivity contribution is -0.139. The maximum Gasteiger partial charge on any atom is 0.302 e. The third-order valence-corrected chi connectivity index (χ3v) is 6.58. The monoisotopic (exact) mass is 418 g/mol. The molecule has 0 aliphatic heterocycles. The first-order valence-electron chi connectivity index (χ1n) is 9.92. The molecular formula is C24H34O4S. The van der Waals surface area contributed by atoms with Crippen LogP contribution in [0, 0.1) is 6.92 Å². The highest BCUT2D eigenvalue weighted by Crippen LogP contribution is 2.25. The molecule has 0 aromatic heterocycles. The van der Waals surface area contributed by atoms with Gasteiger partial charge in [-0.15, -0.1) is 0 Å². The van der Waals surface area contributed by atoms with Gasteiger partial charge in [0.1, 0.15) is 6.61 Å². The number of sulfone groups is 1. The summed E-state index contributed by atoms with van der Waals surface area (Å²) in [5, 5.41) is -0.662. The fourth-order valence-corrected chi connectivity index (χ4v) is 4.61. The molecule has 1 rings (SSSR count). The molecule has 0 aliphatic carbocycles. The highest BCUT2D eigenvalue weighted by atomic mass is 32.2. The van der Waals surface area contributed by atoms with Crippen molar-refractivity contribution in [3.8, 4) is 0 Å². The fourth-order valence-electron chi connectivity index (χ4n) is 2.85. The number of hydrogen-bond acceptors (Lipinski definition) is 4. The normalized spacial score (nSPS) is 13.7. The van der Waals surface area contributed by atoms with E-state index in [1.165, 1.54) is 12.5 Å². The Labute approximate surface area is 176 Å². The van der Waals surface area contributed by atoms with Crippen molar-refractivity contribution in [1.82, 2.24) is 0 Å². The third kappa shape index (κ3) is 9.27. The number of benzene rings is 1. The highest BCUT2D eigenvalue weighted by Gasteiger charge is 2.26. The predicted octanol–water partition coefficient (Wildman–Crippen LogP) is 5.73. The molecular weight excluding hydrogens is 384 g/mol. The van der Waals surface area contributed by atoms with Crippen LogP contribution in [-0.4, -0.2) is 26.2 Å². The van der Waals surface area contributed by atoms with Crippen molar-refractivity contribution >= 4 is 15.8 Å². The van der Waals surface area contributed by atoms with E-state index in [-0.39, 0.29) is 12.6 Å². The number of carbonyl (C=O) groups excluding carboxylic acids is 1. The molecule has 0 amide bonds. The second kappa shape index (κ2) is 11.8. The number of allylic oxidation sites excluding steroid dienone is 4. The van der Waals surface area contributed by atoms with Crippen molar-refractivity contribution in [2.75, 3.05) is 6.61 Å². The summed E-state index contributed by atoms with van der Waals surface area (Å²) < 4.78 is 31.6. The summed E-state index contributed by atoms with van der Waals surface area (Å²) in [4.78, 5) is 11.3. The highest BCUT2D eigenvalue weighted by molar-refractivity contribution is 7.92. The maximum atomic E-state index is 13.3. The van der Waals surface area contributed by atoms with Gasteiger partial charge in [0, 0.05) is 6.92 Å². The Morgan fingerprint density at radius 3 is 2.17 bits per heavy atom. The van der Waals surface area contributed by atoms with E-state index in [4.69, 9.17) is 4.74 Å². The van der Waals surface area contributed by atoms with Gasteiger partial charge in [-0.1, -0.05) is 46.6 Å². The van der Waals surface area contributed by atoms with Gasteiger partial charge >= 0.3 is 5.97 Å². The van der Waals surface area contributed by atoms with Gasteiger partial charge in [0.15, 0.2) is 9.84 Å². The van der Waals surface area contributed by atoms with Crippen LogP contribution in [0.5, 0.6) is 0 Å². The second-order valence-electron chi connectivity index (χ2n) is 7.79. The van der Waals surface area contributed by atoms with Gasteiger partial charge in [-0.25, -0.2) is 8.42 Å². The standard InChI is InChI=1S/C24H34O4S/c1-18(2)8-7-9-20(4)16-24(17-21(5)14-15-28-22(6)25)29(26,27)23-12-10-19(3)11-13-23/h8,10-14,16,24H,7,9,15,17H2,1-6H3/b20-16+,21-14+.